The van der Waals surface area contributed by atoms with E-state index in [2.05, 4.69) is 10.3 Å². The predicted molar refractivity (Wildman–Crippen MR) is 82.5 cm³/mol. The molecule has 0 aliphatic carbocycles. The van der Waals surface area contributed by atoms with Crippen LogP contribution < -0.4 is 10.9 Å². The van der Waals surface area contributed by atoms with Crippen LogP contribution in [-0.4, -0.2) is 21.2 Å². The molecule has 1 unspecified atom stereocenters. The molecule has 3 rings (SSSR count). The van der Waals surface area contributed by atoms with E-state index < -0.39 is 0 Å². The zero-order chi connectivity index (χ0) is 14.8. The number of hydrogen-bond donors (Lipinski definition) is 1. The Hall–Kier alpha value is -2.08. The molecule has 0 fully saturated rings. The fourth-order valence-corrected chi connectivity index (χ4v) is 3.34. The summed E-state index contributed by atoms with van der Waals surface area (Å²) in [5, 5.41) is 3.60. The molecule has 6 heteroatoms. The summed E-state index contributed by atoms with van der Waals surface area (Å²) < 4.78 is 1.56. The molecule has 0 bridgehead atoms. The third kappa shape index (κ3) is 3.00. The zero-order valence-electron chi connectivity index (χ0n) is 11.6. The molecule has 0 spiro atoms. The quantitative estimate of drug-likeness (QED) is 0.861. The maximum absolute atomic E-state index is 12.3. The summed E-state index contributed by atoms with van der Waals surface area (Å²) in [4.78, 5) is 28.3. The topological polar surface area (TPSA) is 64.0 Å². The molecule has 1 N–H and O–H groups in total. The van der Waals surface area contributed by atoms with E-state index in [4.69, 9.17) is 0 Å². The minimum atomic E-state index is -0.232. The summed E-state index contributed by atoms with van der Waals surface area (Å²) >= 11 is 1.44. The first-order valence-corrected chi connectivity index (χ1v) is 7.68. The number of nitrogens with zero attached hydrogens (tertiary/aromatic N) is 2. The van der Waals surface area contributed by atoms with Gasteiger partial charge in [0.15, 0.2) is 5.16 Å². The van der Waals surface area contributed by atoms with Gasteiger partial charge in [-0.25, -0.2) is 4.98 Å². The van der Waals surface area contributed by atoms with Crippen molar-refractivity contribution < 1.29 is 4.79 Å². The molecule has 2 heterocycles. The molecule has 0 saturated heterocycles. The lowest BCUT2D eigenvalue weighted by atomic mass is 10.1. The van der Waals surface area contributed by atoms with Crippen LogP contribution in [0, 0.1) is 12.8 Å². The predicted octanol–water partition coefficient (Wildman–Crippen LogP) is 1.91. The molecule has 1 aromatic heterocycles. The van der Waals surface area contributed by atoms with Gasteiger partial charge in [-0.1, -0.05) is 23.9 Å². The second-order valence-electron chi connectivity index (χ2n) is 5.04. The van der Waals surface area contributed by atoms with Gasteiger partial charge in [-0.3, -0.25) is 14.2 Å². The standard InChI is InChI=1S/C15H15N3O2S/c1-10-3-2-4-12(7-10)17-14(20)11-8-18-13(19)5-6-16-15(18)21-9-11/h2-7,11H,8-9H2,1H3,(H,17,20). The summed E-state index contributed by atoms with van der Waals surface area (Å²) in [6.45, 7) is 2.36. The van der Waals surface area contributed by atoms with Gasteiger partial charge in [-0.05, 0) is 24.6 Å². The van der Waals surface area contributed by atoms with E-state index in [1.54, 1.807) is 4.57 Å². The Morgan fingerprint density at radius 1 is 1.43 bits per heavy atom. The summed E-state index contributed by atoms with van der Waals surface area (Å²) in [7, 11) is 0. The van der Waals surface area contributed by atoms with Gasteiger partial charge >= 0.3 is 0 Å². The van der Waals surface area contributed by atoms with Crippen LogP contribution >= 0.6 is 11.8 Å². The number of aryl methyl sites for hydroxylation is 1. The number of amides is 1. The van der Waals surface area contributed by atoms with E-state index in [0.29, 0.717) is 17.5 Å². The molecule has 21 heavy (non-hydrogen) atoms. The lowest BCUT2D eigenvalue weighted by Crippen LogP contribution is -2.36. The molecular formula is C15H15N3O2S. The number of hydrogen-bond acceptors (Lipinski definition) is 4. The third-order valence-electron chi connectivity index (χ3n) is 3.37. The second kappa shape index (κ2) is 5.73. The highest BCUT2D eigenvalue weighted by Gasteiger charge is 2.26. The fraction of sp³-hybridized carbons (Fsp3) is 0.267. The van der Waals surface area contributed by atoms with Gasteiger partial charge in [0.05, 0.1) is 5.92 Å². The van der Waals surface area contributed by atoms with Crippen LogP contribution in [-0.2, 0) is 11.3 Å². The Bertz CT molecular complexity index is 742. The molecule has 0 saturated carbocycles. The zero-order valence-corrected chi connectivity index (χ0v) is 12.4. The third-order valence-corrected chi connectivity index (χ3v) is 4.53. The molecule has 108 valence electrons. The number of benzene rings is 1. The van der Waals surface area contributed by atoms with Crippen molar-refractivity contribution in [3.63, 3.8) is 0 Å². The number of carbonyl (C=O) groups excluding carboxylic acids is 1. The van der Waals surface area contributed by atoms with E-state index >= 15 is 0 Å². The number of thioether (sulfide) groups is 1. The number of carbonyl (C=O) groups is 1. The largest absolute Gasteiger partial charge is 0.326 e. The van der Waals surface area contributed by atoms with Crippen LogP contribution in [0.25, 0.3) is 0 Å². The second-order valence-corrected chi connectivity index (χ2v) is 6.03. The molecular weight excluding hydrogens is 286 g/mol. The first-order valence-electron chi connectivity index (χ1n) is 6.69. The molecule has 2 aromatic rings. The normalized spacial score (nSPS) is 17.1. The lowest BCUT2D eigenvalue weighted by molar-refractivity contribution is -0.119. The van der Waals surface area contributed by atoms with Gasteiger partial charge in [0.25, 0.3) is 5.56 Å². The minimum absolute atomic E-state index is 0.0606. The van der Waals surface area contributed by atoms with Crippen LogP contribution in [0.1, 0.15) is 5.56 Å². The SMILES string of the molecule is Cc1cccc(NC(=O)C2CSc3nccc(=O)n3C2)c1. The van der Waals surface area contributed by atoms with Crippen molar-refractivity contribution in [2.75, 3.05) is 11.1 Å². The fourth-order valence-electron chi connectivity index (χ4n) is 2.28. The van der Waals surface area contributed by atoms with Crippen molar-refractivity contribution in [1.82, 2.24) is 9.55 Å². The summed E-state index contributed by atoms with van der Waals surface area (Å²) in [6, 6.07) is 9.10. The molecule has 0 radical (unpaired) electrons. The highest BCUT2D eigenvalue weighted by molar-refractivity contribution is 7.99. The van der Waals surface area contributed by atoms with Gasteiger partial charge in [-0.15, -0.1) is 0 Å². The van der Waals surface area contributed by atoms with Crippen molar-refractivity contribution in [2.24, 2.45) is 5.92 Å². The van der Waals surface area contributed by atoms with E-state index in [1.807, 2.05) is 31.2 Å². The van der Waals surface area contributed by atoms with Gasteiger partial charge < -0.3 is 5.32 Å². The van der Waals surface area contributed by atoms with E-state index in [9.17, 15) is 9.59 Å². The first-order chi connectivity index (χ1) is 10.1. The van der Waals surface area contributed by atoms with Crippen molar-refractivity contribution in [2.45, 2.75) is 18.6 Å². The molecule has 1 aliphatic heterocycles. The Kier molecular flexibility index (Phi) is 3.79. The van der Waals surface area contributed by atoms with E-state index in [1.165, 1.54) is 24.0 Å². The van der Waals surface area contributed by atoms with Crippen LogP contribution in [0.2, 0.25) is 0 Å². The van der Waals surface area contributed by atoms with E-state index in [-0.39, 0.29) is 17.4 Å². The van der Waals surface area contributed by atoms with Crippen LogP contribution in [0.3, 0.4) is 0 Å². The van der Waals surface area contributed by atoms with Crippen LogP contribution in [0.15, 0.2) is 46.5 Å². The van der Waals surface area contributed by atoms with Gasteiger partial charge in [0.1, 0.15) is 0 Å². The highest BCUT2D eigenvalue weighted by atomic mass is 32.2. The Morgan fingerprint density at radius 3 is 3.10 bits per heavy atom. The summed E-state index contributed by atoms with van der Waals surface area (Å²) in [5.74, 6) is 0.341. The highest BCUT2D eigenvalue weighted by Crippen LogP contribution is 2.25. The number of fused-ring (bicyclic) bond motifs is 1. The molecule has 1 amide bonds. The Balaban J connectivity index is 1.75. The van der Waals surface area contributed by atoms with E-state index in [0.717, 1.165) is 11.3 Å². The van der Waals surface area contributed by atoms with Crippen molar-refractivity contribution >= 4 is 23.4 Å². The molecule has 1 atom stereocenters. The summed E-state index contributed by atoms with van der Waals surface area (Å²) in [6.07, 6.45) is 1.51. The monoisotopic (exact) mass is 301 g/mol. The van der Waals surface area contributed by atoms with Gasteiger partial charge in [-0.2, -0.15) is 0 Å². The number of anilines is 1. The van der Waals surface area contributed by atoms with Crippen molar-refractivity contribution in [1.29, 1.82) is 0 Å². The average Bonchev–Trinajstić information content (AvgIpc) is 2.47. The minimum Gasteiger partial charge on any atom is -0.326 e. The maximum atomic E-state index is 12.3. The smallest absolute Gasteiger partial charge is 0.254 e. The van der Waals surface area contributed by atoms with Crippen molar-refractivity contribution in [3.8, 4) is 0 Å². The molecule has 1 aliphatic rings. The molecule has 5 nitrogen and oxygen atoms in total. The number of rotatable bonds is 2. The first kappa shape index (κ1) is 13.9. The Labute approximate surface area is 126 Å². The maximum Gasteiger partial charge on any atom is 0.254 e. The lowest BCUT2D eigenvalue weighted by Gasteiger charge is -2.23. The average molecular weight is 301 g/mol. The summed E-state index contributed by atoms with van der Waals surface area (Å²) in [5.41, 5.74) is 1.77. The van der Waals surface area contributed by atoms with Crippen LogP contribution in [0.4, 0.5) is 5.69 Å². The van der Waals surface area contributed by atoms with Crippen LogP contribution in [0.5, 0.6) is 0 Å². The van der Waals surface area contributed by atoms with Crippen molar-refractivity contribution in [3.05, 3.63) is 52.4 Å². The molecule has 1 aromatic carbocycles. The number of aromatic nitrogens is 2. The van der Waals surface area contributed by atoms with Gasteiger partial charge in [0, 0.05) is 30.2 Å². The number of nitrogens with one attached hydrogen (secondary N) is 1. The Morgan fingerprint density at radius 2 is 2.29 bits per heavy atom. The van der Waals surface area contributed by atoms with Gasteiger partial charge in [0.2, 0.25) is 5.91 Å².